The van der Waals surface area contributed by atoms with Gasteiger partial charge in [-0.05, 0) is 57.8 Å². The lowest BCUT2D eigenvalue weighted by atomic mass is 10.0. The highest BCUT2D eigenvalue weighted by Gasteiger charge is 2.19. The lowest BCUT2D eigenvalue weighted by molar-refractivity contribution is -0.155. The second kappa shape index (κ2) is 45.9. The smallest absolute Gasteiger partial charge is 0.334 e. The summed E-state index contributed by atoms with van der Waals surface area (Å²) in [5.74, 6) is -1.10. The van der Waals surface area contributed by atoms with Gasteiger partial charge in [0.05, 0.1) is 13.2 Å². The van der Waals surface area contributed by atoms with Gasteiger partial charge in [0.25, 0.3) is 0 Å². The van der Waals surface area contributed by atoms with Crippen LogP contribution in [0.2, 0.25) is 0 Å². The number of aliphatic hydroxyl groups is 1. The lowest BCUT2D eigenvalue weighted by Gasteiger charge is -2.16. The molecule has 0 aromatic carbocycles. The molecule has 0 heterocycles. The van der Waals surface area contributed by atoms with Crippen LogP contribution < -0.4 is 0 Å². The van der Waals surface area contributed by atoms with Gasteiger partial charge < -0.3 is 14.6 Å². The Kier molecular flexibility index (Phi) is 45.1. The number of esters is 2. The molecule has 0 bridgehead atoms. The van der Waals surface area contributed by atoms with E-state index in [1.54, 1.807) is 23.5 Å². The molecule has 0 aromatic heterocycles. The van der Waals surface area contributed by atoms with E-state index in [0.717, 1.165) is 83.5 Å². The van der Waals surface area contributed by atoms with Gasteiger partial charge >= 0.3 is 11.9 Å². The van der Waals surface area contributed by atoms with Crippen molar-refractivity contribution in [2.24, 2.45) is 0 Å². The van der Waals surface area contributed by atoms with Crippen LogP contribution in [0.1, 0.15) is 272 Å². The predicted molar refractivity (Wildman–Crippen MR) is 259 cm³/mol. The van der Waals surface area contributed by atoms with E-state index in [9.17, 15) is 24.3 Å². The van der Waals surface area contributed by atoms with E-state index >= 15 is 0 Å². The van der Waals surface area contributed by atoms with E-state index in [1.807, 2.05) is 0 Å². The molecule has 354 valence electrons. The summed E-state index contributed by atoms with van der Waals surface area (Å²) in [5, 5.41) is 11.8. The molecule has 0 amide bonds. The predicted octanol–water partition coefficient (Wildman–Crippen LogP) is 15.6. The summed E-state index contributed by atoms with van der Waals surface area (Å²) in [6.45, 7) is 9.57. The molecule has 0 fully saturated rings. The van der Waals surface area contributed by atoms with Crippen molar-refractivity contribution < 1.29 is 33.8 Å². The molecule has 0 aliphatic rings. The van der Waals surface area contributed by atoms with Gasteiger partial charge in [-0.25, -0.2) is 4.79 Å². The van der Waals surface area contributed by atoms with Gasteiger partial charge in [0.1, 0.15) is 0 Å². The van der Waals surface area contributed by atoms with Crippen LogP contribution in [0, 0.1) is 0 Å². The number of hydrogen-bond donors (Lipinski definition) is 1. The minimum atomic E-state index is -1.33. The Labute approximate surface area is 379 Å². The maximum absolute atomic E-state index is 12.8. The van der Waals surface area contributed by atoms with E-state index in [0.29, 0.717) is 40.2 Å². The molecule has 3 atom stereocenters. The lowest BCUT2D eigenvalue weighted by Crippen LogP contribution is -2.24. The van der Waals surface area contributed by atoms with Gasteiger partial charge in [-0.3, -0.25) is 14.4 Å². The molecule has 0 aliphatic heterocycles. The van der Waals surface area contributed by atoms with Crippen LogP contribution in [0.5, 0.6) is 0 Å². The van der Waals surface area contributed by atoms with Crippen LogP contribution in [0.4, 0.5) is 0 Å². The number of aliphatic hydroxyl groups excluding tert-OH is 1. The molecule has 0 saturated heterocycles. The van der Waals surface area contributed by atoms with Crippen molar-refractivity contribution in [2.45, 2.75) is 288 Å². The Morgan fingerprint density at radius 2 is 0.700 bits per heavy atom. The number of carbonyl (C=O) groups is 4. The SMILES string of the molecule is CCCCCCCCC(CCCCCC)SC(=O)CCCCCCCOC(=O)CCC(O)C(=O)OCCCCCCCC(=O)SC(CCCCCC)CCCCCCCC. The molecule has 60 heavy (non-hydrogen) atoms. The molecule has 1 N–H and O–H groups in total. The zero-order valence-electron chi connectivity index (χ0n) is 39.7. The maximum Gasteiger partial charge on any atom is 0.334 e. The van der Waals surface area contributed by atoms with Crippen molar-refractivity contribution in [3.05, 3.63) is 0 Å². The van der Waals surface area contributed by atoms with Gasteiger partial charge in [0, 0.05) is 29.8 Å². The number of ether oxygens (including phenoxy) is 2. The monoisotopic (exact) mass is 885 g/mol. The van der Waals surface area contributed by atoms with Crippen LogP contribution in [0.3, 0.4) is 0 Å². The molecule has 0 spiro atoms. The second-order valence-electron chi connectivity index (χ2n) is 17.5. The highest BCUT2D eigenvalue weighted by molar-refractivity contribution is 8.14. The first-order valence-corrected chi connectivity index (χ1v) is 27.4. The highest BCUT2D eigenvalue weighted by atomic mass is 32.2. The third-order valence-corrected chi connectivity index (χ3v) is 14.1. The quantitative estimate of drug-likeness (QED) is 0.0472. The Bertz CT molecular complexity index is 993. The van der Waals surface area contributed by atoms with Crippen molar-refractivity contribution in [1.82, 2.24) is 0 Å². The van der Waals surface area contributed by atoms with Crippen LogP contribution in [-0.2, 0) is 28.7 Å². The molecule has 3 unspecified atom stereocenters. The summed E-state index contributed by atoms with van der Waals surface area (Å²) < 4.78 is 10.6. The van der Waals surface area contributed by atoms with Crippen LogP contribution in [0.15, 0.2) is 0 Å². The van der Waals surface area contributed by atoms with Crippen molar-refractivity contribution >= 4 is 45.7 Å². The van der Waals surface area contributed by atoms with Gasteiger partial charge in [0.2, 0.25) is 0 Å². The summed E-state index contributed by atoms with van der Waals surface area (Å²) >= 11 is 3.23. The molecule has 0 aliphatic carbocycles. The van der Waals surface area contributed by atoms with E-state index in [-0.39, 0.29) is 19.4 Å². The van der Waals surface area contributed by atoms with Crippen molar-refractivity contribution in [3.63, 3.8) is 0 Å². The Hall–Kier alpha value is -1.06. The summed E-state index contributed by atoms with van der Waals surface area (Å²) in [6, 6.07) is 0. The second-order valence-corrected chi connectivity index (χ2v) is 20.2. The fraction of sp³-hybridized carbons (Fsp3) is 0.922. The standard InChI is InChI=1S/C51H96O7S2/c1-5-9-13-17-21-29-37-45(35-27-15-11-7-3)59-49(54)39-31-23-19-25-33-43-57-48(53)42-41-47(52)51(56)58-44-34-26-20-24-32-40-50(55)60-46(36-28-16-12-8-4)38-30-22-18-14-10-6-2/h45-47,52H,5-44H2,1-4H3. The van der Waals surface area contributed by atoms with Crippen molar-refractivity contribution in [2.75, 3.05) is 13.2 Å². The molecular formula is C51H96O7S2. The summed E-state index contributed by atoms with van der Waals surface area (Å²) in [4.78, 5) is 49.9. The number of hydrogen-bond acceptors (Lipinski definition) is 9. The molecule has 0 aromatic rings. The summed E-state index contributed by atoms with van der Waals surface area (Å²) in [7, 11) is 0. The molecule has 0 rings (SSSR count). The van der Waals surface area contributed by atoms with Crippen LogP contribution >= 0.6 is 23.5 Å². The highest BCUT2D eigenvalue weighted by Crippen LogP contribution is 2.28. The average molecular weight is 885 g/mol. The van der Waals surface area contributed by atoms with Crippen molar-refractivity contribution in [3.8, 4) is 0 Å². The van der Waals surface area contributed by atoms with Gasteiger partial charge in [0.15, 0.2) is 16.3 Å². The largest absolute Gasteiger partial charge is 0.466 e. The van der Waals surface area contributed by atoms with Gasteiger partial charge in [-0.2, -0.15) is 0 Å². The number of rotatable bonds is 46. The number of unbranched alkanes of at least 4 members (excludes halogenated alkanes) is 24. The number of thioether (sulfide) groups is 2. The van der Waals surface area contributed by atoms with Gasteiger partial charge in [-0.1, -0.05) is 218 Å². The minimum absolute atomic E-state index is 0.00708. The first-order valence-electron chi connectivity index (χ1n) is 25.7. The van der Waals surface area contributed by atoms with Crippen LogP contribution in [0.25, 0.3) is 0 Å². The molecule has 0 radical (unpaired) electrons. The van der Waals surface area contributed by atoms with E-state index in [2.05, 4.69) is 27.7 Å². The Morgan fingerprint density at radius 3 is 1.10 bits per heavy atom. The normalized spacial score (nSPS) is 12.9. The Morgan fingerprint density at radius 1 is 0.383 bits per heavy atom. The molecule has 9 heteroatoms. The number of carbonyl (C=O) groups excluding carboxylic acids is 4. The summed E-state index contributed by atoms with van der Waals surface area (Å²) in [5.41, 5.74) is 0. The first kappa shape index (κ1) is 58.9. The third kappa shape index (κ3) is 41.0. The first-order chi connectivity index (χ1) is 29.3. The average Bonchev–Trinajstić information content (AvgIpc) is 3.24. The minimum Gasteiger partial charge on any atom is -0.466 e. The third-order valence-electron chi connectivity index (χ3n) is 11.6. The van der Waals surface area contributed by atoms with Gasteiger partial charge in [-0.15, -0.1) is 0 Å². The fourth-order valence-electron chi connectivity index (χ4n) is 7.62. The zero-order chi connectivity index (χ0) is 44.2. The fourth-order valence-corrected chi connectivity index (χ4v) is 10.0. The molecular weight excluding hydrogens is 789 g/mol. The van der Waals surface area contributed by atoms with Crippen molar-refractivity contribution in [1.29, 1.82) is 0 Å². The maximum atomic E-state index is 12.8. The van der Waals surface area contributed by atoms with Crippen LogP contribution in [-0.4, -0.2) is 57.1 Å². The van der Waals surface area contributed by atoms with E-state index in [4.69, 9.17) is 9.47 Å². The van der Waals surface area contributed by atoms with E-state index in [1.165, 1.54) is 135 Å². The zero-order valence-corrected chi connectivity index (χ0v) is 41.4. The summed E-state index contributed by atoms with van der Waals surface area (Å²) in [6.07, 6.45) is 39.4. The topological polar surface area (TPSA) is 107 Å². The molecule has 7 nitrogen and oxygen atoms in total. The molecule has 0 saturated carbocycles. The Balaban J connectivity index is 3.97. The van der Waals surface area contributed by atoms with E-state index < -0.39 is 18.0 Å².